The molecule has 0 aliphatic carbocycles. The van der Waals surface area contributed by atoms with Crippen LogP contribution in [0.5, 0.6) is 0 Å². The lowest BCUT2D eigenvalue weighted by atomic mass is 9.90. The molecule has 2 aromatic rings. The first kappa shape index (κ1) is 18.3. The van der Waals surface area contributed by atoms with Crippen LogP contribution < -0.4 is 5.32 Å². The number of benzene rings is 2. The number of carbonyl (C=O) groups excluding carboxylic acids is 2. The topological polar surface area (TPSA) is 52.7 Å². The number of nitrogens with zero attached hydrogens (tertiary/aromatic N) is 2. The van der Waals surface area contributed by atoms with Gasteiger partial charge < -0.3 is 15.1 Å². The standard InChI is InChI=1S/C19H15F4N3O2/c20-12-3-1-2-11-10(12)6-7-26-15(11)8-25(9-16(26)27)19(28)24-14-5-4-13(21)17(22)18(14)23/h1-5,15H,6-9H2,(H,24,28)/t15-/m1/s1. The quantitative estimate of drug-likeness (QED) is 0.598. The molecule has 5 nitrogen and oxygen atoms in total. The van der Waals surface area contributed by atoms with Crippen LogP contribution in [0.2, 0.25) is 0 Å². The molecule has 2 aliphatic rings. The number of hydrogen-bond donors (Lipinski definition) is 1. The molecule has 1 fully saturated rings. The smallest absolute Gasteiger partial charge is 0.322 e. The fourth-order valence-corrected chi connectivity index (χ4v) is 3.70. The van der Waals surface area contributed by atoms with E-state index in [2.05, 4.69) is 5.32 Å². The Balaban J connectivity index is 1.58. The van der Waals surface area contributed by atoms with Crippen LogP contribution >= 0.6 is 0 Å². The highest BCUT2D eigenvalue weighted by Crippen LogP contribution is 2.34. The van der Waals surface area contributed by atoms with Gasteiger partial charge in [0.05, 0.1) is 11.7 Å². The van der Waals surface area contributed by atoms with Gasteiger partial charge in [0.15, 0.2) is 17.5 Å². The second kappa shape index (κ2) is 6.81. The zero-order valence-corrected chi connectivity index (χ0v) is 14.5. The van der Waals surface area contributed by atoms with Gasteiger partial charge in [0.1, 0.15) is 12.4 Å². The van der Waals surface area contributed by atoms with Gasteiger partial charge in [-0.2, -0.15) is 0 Å². The van der Waals surface area contributed by atoms with Gasteiger partial charge in [-0.3, -0.25) is 4.79 Å². The van der Waals surface area contributed by atoms with Gasteiger partial charge in [0.25, 0.3) is 0 Å². The second-order valence-electron chi connectivity index (χ2n) is 6.69. The van der Waals surface area contributed by atoms with Crippen LogP contribution in [0.1, 0.15) is 17.2 Å². The number of amides is 3. The van der Waals surface area contributed by atoms with Crippen molar-refractivity contribution < 1.29 is 27.2 Å². The highest BCUT2D eigenvalue weighted by molar-refractivity contribution is 5.93. The summed E-state index contributed by atoms with van der Waals surface area (Å²) in [7, 11) is 0. The van der Waals surface area contributed by atoms with Crippen LogP contribution in [-0.4, -0.2) is 41.4 Å². The molecule has 0 aromatic heterocycles. The number of nitrogens with one attached hydrogen (secondary N) is 1. The van der Waals surface area contributed by atoms with E-state index in [4.69, 9.17) is 0 Å². The molecule has 1 atom stereocenters. The third kappa shape index (κ3) is 2.96. The summed E-state index contributed by atoms with van der Waals surface area (Å²) in [6.45, 7) is 0.155. The SMILES string of the molecule is O=C(Nc1ccc(F)c(F)c1F)N1CC(=O)N2CCc3c(F)cccc3[C@H]2C1. The van der Waals surface area contributed by atoms with Crippen molar-refractivity contribution >= 4 is 17.6 Å². The summed E-state index contributed by atoms with van der Waals surface area (Å²) in [5.41, 5.74) is 0.593. The van der Waals surface area contributed by atoms with Gasteiger partial charge >= 0.3 is 6.03 Å². The zero-order valence-electron chi connectivity index (χ0n) is 14.5. The summed E-state index contributed by atoms with van der Waals surface area (Å²) < 4.78 is 54.3. The number of carbonyl (C=O) groups is 2. The van der Waals surface area contributed by atoms with E-state index in [1.54, 1.807) is 11.0 Å². The molecule has 146 valence electrons. The van der Waals surface area contributed by atoms with Crippen LogP contribution in [-0.2, 0) is 11.2 Å². The van der Waals surface area contributed by atoms with E-state index in [-0.39, 0.29) is 24.8 Å². The molecule has 2 heterocycles. The first-order chi connectivity index (χ1) is 13.4. The van der Waals surface area contributed by atoms with E-state index in [1.165, 1.54) is 12.1 Å². The molecule has 1 saturated heterocycles. The lowest BCUT2D eigenvalue weighted by Gasteiger charge is -2.44. The van der Waals surface area contributed by atoms with Crippen molar-refractivity contribution in [3.05, 3.63) is 64.7 Å². The molecule has 2 aromatic carbocycles. The predicted molar refractivity (Wildman–Crippen MR) is 91.5 cm³/mol. The Morgan fingerprint density at radius 2 is 1.82 bits per heavy atom. The molecule has 0 radical (unpaired) electrons. The monoisotopic (exact) mass is 393 g/mol. The molecule has 2 aliphatic heterocycles. The number of halogens is 4. The fraction of sp³-hybridized carbons (Fsp3) is 0.263. The summed E-state index contributed by atoms with van der Waals surface area (Å²) in [6.07, 6.45) is 0.385. The van der Waals surface area contributed by atoms with Crippen molar-refractivity contribution in [1.82, 2.24) is 9.80 Å². The van der Waals surface area contributed by atoms with E-state index in [1.807, 2.05) is 0 Å². The van der Waals surface area contributed by atoms with E-state index in [0.29, 0.717) is 30.2 Å². The van der Waals surface area contributed by atoms with Gasteiger partial charge in [0, 0.05) is 13.1 Å². The molecule has 0 unspecified atom stereocenters. The van der Waals surface area contributed by atoms with Gasteiger partial charge in [0.2, 0.25) is 5.91 Å². The molecule has 0 saturated carbocycles. The van der Waals surface area contributed by atoms with Crippen LogP contribution in [0.25, 0.3) is 0 Å². The number of piperazine rings is 1. The van der Waals surface area contributed by atoms with Crippen molar-refractivity contribution in [2.24, 2.45) is 0 Å². The van der Waals surface area contributed by atoms with Crippen LogP contribution in [0.3, 0.4) is 0 Å². The second-order valence-corrected chi connectivity index (χ2v) is 6.69. The van der Waals surface area contributed by atoms with Crippen molar-refractivity contribution in [1.29, 1.82) is 0 Å². The lowest BCUT2D eigenvalue weighted by molar-refractivity contribution is -0.139. The van der Waals surface area contributed by atoms with E-state index in [9.17, 15) is 27.2 Å². The zero-order chi connectivity index (χ0) is 20.0. The maximum Gasteiger partial charge on any atom is 0.322 e. The van der Waals surface area contributed by atoms with Gasteiger partial charge in [-0.15, -0.1) is 0 Å². The summed E-state index contributed by atoms with van der Waals surface area (Å²) >= 11 is 0. The van der Waals surface area contributed by atoms with Gasteiger partial charge in [-0.1, -0.05) is 12.1 Å². The van der Waals surface area contributed by atoms with E-state index >= 15 is 0 Å². The van der Waals surface area contributed by atoms with Crippen molar-refractivity contribution in [3.63, 3.8) is 0 Å². The molecule has 9 heteroatoms. The van der Waals surface area contributed by atoms with Crippen molar-refractivity contribution in [2.45, 2.75) is 12.5 Å². The molecule has 1 N–H and O–H groups in total. The molecule has 28 heavy (non-hydrogen) atoms. The minimum atomic E-state index is -1.70. The minimum Gasteiger partial charge on any atom is -0.332 e. The Kier molecular flexibility index (Phi) is 4.44. The Bertz CT molecular complexity index is 982. The number of urea groups is 1. The van der Waals surface area contributed by atoms with E-state index in [0.717, 1.165) is 11.0 Å². The third-order valence-electron chi connectivity index (χ3n) is 5.10. The Hall–Kier alpha value is -3.10. The molecular weight excluding hydrogens is 378 g/mol. The Labute approximate surface area is 157 Å². The maximum absolute atomic E-state index is 14.1. The molecule has 0 spiro atoms. The Morgan fingerprint density at radius 1 is 1.04 bits per heavy atom. The van der Waals surface area contributed by atoms with Crippen molar-refractivity contribution in [3.8, 4) is 0 Å². The summed E-state index contributed by atoms with van der Waals surface area (Å²) in [4.78, 5) is 27.7. The molecule has 3 amide bonds. The third-order valence-corrected chi connectivity index (χ3v) is 5.10. The minimum absolute atomic E-state index is 0.0688. The summed E-state index contributed by atoms with van der Waals surface area (Å²) in [5, 5.41) is 2.16. The largest absolute Gasteiger partial charge is 0.332 e. The highest BCUT2D eigenvalue weighted by atomic mass is 19.2. The number of hydrogen-bond acceptors (Lipinski definition) is 2. The average Bonchev–Trinajstić information content (AvgIpc) is 2.68. The van der Waals surface area contributed by atoms with Gasteiger partial charge in [-0.25, -0.2) is 22.4 Å². The Morgan fingerprint density at radius 3 is 2.61 bits per heavy atom. The number of rotatable bonds is 1. The molecular formula is C19H15F4N3O2. The average molecular weight is 393 g/mol. The summed E-state index contributed by atoms with van der Waals surface area (Å²) in [6, 6.07) is 4.82. The van der Waals surface area contributed by atoms with Crippen LogP contribution in [0, 0.1) is 23.3 Å². The van der Waals surface area contributed by atoms with Gasteiger partial charge in [-0.05, 0) is 35.7 Å². The normalized spacial score (nSPS) is 18.6. The summed E-state index contributed by atoms with van der Waals surface area (Å²) in [5.74, 6) is -5.29. The van der Waals surface area contributed by atoms with E-state index < -0.39 is 35.2 Å². The maximum atomic E-state index is 14.1. The van der Waals surface area contributed by atoms with Crippen LogP contribution in [0.15, 0.2) is 30.3 Å². The number of anilines is 1. The predicted octanol–water partition coefficient (Wildman–Crippen LogP) is 3.22. The first-order valence-corrected chi connectivity index (χ1v) is 8.63. The van der Waals surface area contributed by atoms with Crippen LogP contribution in [0.4, 0.5) is 28.0 Å². The molecule has 0 bridgehead atoms. The van der Waals surface area contributed by atoms with Crippen molar-refractivity contribution in [2.75, 3.05) is 25.0 Å². The lowest BCUT2D eigenvalue weighted by Crippen LogP contribution is -2.56. The molecule has 4 rings (SSSR count). The fourth-order valence-electron chi connectivity index (χ4n) is 3.70. The highest BCUT2D eigenvalue weighted by Gasteiger charge is 2.39. The first-order valence-electron chi connectivity index (χ1n) is 8.63. The number of fused-ring (bicyclic) bond motifs is 3.